The molecule has 0 aromatic heterocycles. The lowest BCUT2D eigenvalue weighted by molar-refractivity contribution is 1.66. The Labute approximate surface area is 70.1 Å². The Morgan fingerprint density at radius 1 is 1.10 bits per heavy atom. The van der Waals surface area contributed by atoms with Crippen LogP contribution in [-0.2, 0) is 0 Å². The topological polar surface area (TPSA) is 0 Å². The first-order valence-electron chi connectivity index (χ1n) is 2.85. The summed E-state index contributed by atoms with van der Waals surface area (Å²) in [6.07, 6.45) is 1.80. The molecule has 52 valence electrons. The predicted octanol–water partition coefficient (Wildman–Crippen LogP) is 3.55. The Morgan fingerprint density at radius 3 is 2.20 bits per heavy atom. The van der Waals surface area contributed by atoms with Gasteiger partial charge in [0.15, 0.2) is 0 Å². The maximum atomic E-state index is 5.65. The van der Waals surface area contributed by atoms with Gasteiger partial charge in [-0.05, 0) is 23.8 Å². The van der Waals surface area contributed by atoms with Crippen molar-refractivity contribution in [3.8, 4) is 0 Å². The van der Waals surface area contributed by atoms with Gasteiger partial charge in [-0.25, -0.2) is 0 Å². The van der Waals surface area contributed by atoms with Crippen LogP contribution in [0.5, 0.6) is 0 Å². The van der Waals surface area contributed by atoms with Gasteiger partial charge in [0.05, 0.1) is 0 Å². The molecule has 1 rings (SSSR count). The van der Waals surface area contributed by atoms with E-state index in [4.69, 9.17) is 23.2 Å². The molecule has 0 atom stereocenters. The largest absolute Gasteiger partial charge is 0.0929 e. The summed E-state index contributed by atoms with van der Waals surface area (Å²) < 4.78 is 0. The van der Waals surface area contributed by atoms with Gasteiger partial charge < -0.3 is 0 Å². The average molecular weight is 173 g/mol. The second kappa shape index (κ2) is 3.65. The molecule has 0 saturated heterocycles. The van der Waals surface area contributed by atoms with Crippen molar-refractivity contribution in [2.45, 2.75) is 0 Å². The van der Waals surface area contributed by atoms with Crippen LogP contribution in [0.4, 0.5) is 0 Å². The van der Waals surface area contributed by atoms with Crippen molar-refractivity contribution in [3.63, 3.8) is 0 Å². The zero-order chi connectivity index (χ0) is 7.40. The van der Waals surface area contributed by atoms with E-state index in [9.17, 15) is 0 Å². The normalized spacial score (nSPS) is 10.6. The lowest BCUT2D eigenvalue weighted by Gasteiger charge is -1.90. The lowest BCUT2D eigenvalue weighted by Crippen LogP contribution is -1.68. The third kappa shape index (κ3) is 2.05. The van der Waals surface area contributed by atoms with E-state index >= 15 is 0 Å². The zero-order valence-corrected chi connectivity index (χ0v) is 6.73. The second-order valence-electron chi connectivity index (χ2n) is 1.84. The third-order valence-corrected chi connectivity index (χ3v) is 1.50. The Bertz CT molecular complexity index is 224. The van der Waals surface area contributed by atoms with Crippen molar-refractivity contribution in [2.75, 3.05) is 0 Å². The van der Waals surface area contributed by atoms with E-state index in [0.29, 0.717) is 0 Å². The zero-order valence-electron chi connectivity index (χ0n) is 5.22. The van der Waals surface area contributed by atoms with E-state index in [1.807, 2.05) is 24.3 Å². The average Bonchev–Trinajstić information content (AvgIpc) is 1.95. The number of halogens is 2. The highest BCUT2D eigenvalue weighted by Crippen LogP contribution is 2.10. The van der Waals surface area contributed by atoms with Crippen molar-refractivity contribution in [2.24, 2.45) is 0 Å². The fourth-order valence-corrected chi connectivity index (χ4v) is 0.918. The molecule has 0 spiro atoms. The Morgan fingerprint density at radius 2 is 1.70 bits per heavy atom. The summed E-state index contributed by atoms with van der Waals surface area (Å²) in [4.78, 5) is 0. The van der Waals surface area contributed by atoms with Gasteiger partial charge in [-0.15, -0.1) is 0 Å². The fraction of sp³-hybridized carbons (Fsp3) is 0. The van der Waals surface area contributed by atoms with Crippen LogP contribution in [0.2, 0.25) is 5.02 Å². The first kappa shape index (κ1) is 7.64. The number of hydrogen-bond donors (Lipinski definition) is 0. The first-order valence-corrected chi connectivity index (χ1v) is 3.66. The Kier molecular flexibility index (Phi) is 2.79. The van der Waals surface area contributed by atoms with Crippen molar-refractivity contribution in [1.82, 2.24) is 0 Å². The van der Waals surface area contributed by atoms with Gasteiger partial charge in [-0.1, -0.05) is 35.3 Å². The molecule has 0 aliphatic carbocycles. The van der Waals surface area contributed by atoms with Crippen LogP contribution in [0.15, 0.2) is 29.8 Å². The molecule has 0 nitrogen and oxygen atoms in total. The molecular weight excluding hydrogens is 167 g/mol. The Hall–Kier alpha value is -0.460. The monoisotopic (exact) mass is 172 g/mol. The van der Waals surface area contributed by atoms with Crippen LogP contribution >= 0.6 is 23.2 Å². The predicted molar refractivity (Wildman–Crippen MR) is 46.3 cm³/mol. The van der Waals surface area contributed by atoms with Crippen molar-refractivity contribution in [1.29, 1.82) is 0 Å². The smallest absolute Gasteiger partial charge is 0.0406 e. The highest BCUT2D eigenvalue weighted by Gasteiger charge is 1.85. The quantitative estimate of drug-likeness (QED) is 0.609. The minimum atomic E-state index is 0.742. The molecule has 1 aromatic rings. The van der Waals surface area contributed by atoms with Crippen molar-refractivity contribution >= 4 is 29.3 Å². The van der Waals surface area contributed by atoms with E-state index in [-0.39, 0.29) is 0 Å². The summed E-state index contributed by atoms with van der Waals surface area (Å²) in [6.45, 7) is 0. The highest BCUT2D eigenvalue weighted by atomic mass is 35.5. The third-order valence-electron chi connectivity index (χ3n) is 1.13. The minimum absolute atomic E-state index is 0.742. The van der Waals surface area contributed by atoms with Crippen LogP contribution < -0.4 is 0 Å². The molecule has 0 saturated carbocycles. The molecular formula is C8H6Cl2. The summed E-state index contributed by atoms with van der Waals surface area (Å²) in [5.74, 6) is 0. The summed E-state index contributed by atoms with van der Waals surface area (Å²) in [7, 11) is 0. The van der Waals surface area contributed by atoms with Gasteiger partial charge in [0, 0.05) is 10.6 Å². The molecule has 0 radical (unpaired) electrons. The van der Waals surface area contributed by atoms with Crippen molar-refractivity contribution < 1.29 is 0 Å². The molecule has 0 heterocycles. The van der Waals surface area contributed by atoms with Gasteiger partial charge in [-0.3, -0.25) is 0 Å². The van der Waals surface area contributed by atoms with Gasteiger partial charge in [0.2, 0.25) is 0 Å². The highest BCUT2D eigenvalue weighted by molar-refractivity contribution is 6.30. The maximum absolute atomic E-state index is 5.65. The van der Waals surface area contributed by atoms with Gasteiger partial charge in [-0.2, -0.15) is 0 Å². The van der Waals surface area contributed by atoms with E-state index in [1.165, 1.54) is 5.54 Å². The molecule has 1 aromatic carbocycles. The lowest BCUT2D eigenvalue weighted by atomic mass is 10.2. The molecule has 0 N–H and O–H groups in total. The number of hydrogen-bond acceptors (Lipinski definition) is 0. The van der Waals surface area contributed by atoms with Crippen LogP contribution in [-0.4, -0.2) is 0 Å². The minimum Gasteiger partial charge on any atom is -0.0929 e. The molecule has 10 heavy (non-hydrogen) atoms. The standard InChI is InChI=1S/C8H6Cl2/c9-6-5-7-1-3-8(10)4-2-7/h1-6H. The summed E-state index contributed by atoms with van der Waals surface area (Å²) >= 11 is 11.0. The maximum Gasteiger partial charge on any atom is 0.0406 e. The van der Waals surface area contributed by atoms with E-state index in [2.05, 4.69) is 0 Å². The molecule has 2 heteroatoms. The van der Waals surface area contributed by atoms with Gasteiger partial charge in [0.1, 0.15) is 0 Å². The van der Waals surface area contributed by atoms with Crippen LogP contribution in [0.25, 0.3) is 6.08 Å². The SMILES string of the molecule is ClC=Cc1ccc(Cl)cc1. The van der Waals surface area contributed by atoms with E-state index in [1.54, 1.807) is 6.08 Å². The second-order valence-corrected chi connectivity index (χ2v) is 2.53. The van der Waals surface area contributed by atoms with E-state index < -0.39 is 0 Å². The summed E-state index contributed by atoms with van der Waals surface area (Å²) in [5, 5.41) is 0.742. The number of benzene rings is 1. The molecule has 0 aliphatic rings. The van der Waals surface area contributed by atoms with Crippen LogP contribution in [0.1, 0.15) is 5.56 Å². The van der Waals surface area contributed by atoms with Crippen LogP contribution in [0, 0.1) is 0 Å². The first-order chi connectivity index (χ1) is 4.83. The fourth-order valence-electron chi connectivity index (χ4n) is 0.647. The van der Waals surface area contributed by atoms with Gasteiger partial charge in [0.25, 0.3) is 0 Å². The van der Waals surface area contributed by atoms with E-state index in [0.717, 1.165) is 10.6 Å². The summed E-state index contributed by atoms with van der Waals surface area (Å²) in [6, 6.07) is 7.46. The molecule has 0 bridgehead atoms. The van der Waals surface area contributed by atoms with Gasteiger partial charge >= 0.3 is 0 Å². The molecule has 0 fully saturated rings. The van der Waals surface area contributed by atoms with Crippen LogP contribution in [0.3, 0.4) is 0 Å². The van der Waals surface area contributed by atoms with Crippen molar-refractivity contribution in [3.05, 3.63) is 40.4 Å². The number of rotatable bonds is 1. The molecule has 0 aliphatic heterocycles. The Balaban J connectivity index is 2.89. The summed E-state index contributed by atoms with van der Waals surface area (Å²) in [5.41, 5.74) is 2.53. The molecule has 0 amide bonds. The molecule has 0 unspecified atom stereocenters.